The standard InChI is InChI=1S/C23H17Cl2NO3S/c24-22-11-9-20(14-23(22)25)29-15-16-4-3-7-19(12-16)26-30(27,28)21-10-8-17-5-1-2-6-18(17)13-21/h1-14,26H,15H2. The highest BCUT2D eigenvalue weighted by atomic mass is 35.5. The fourth-order valence-electron chi connectivity index (χ4n) is 3.01. The molecule has 1 N–H and O–H groups in total. The molecule has 4 rings (SSSR count). The molecule has 4 aromatic carbocycles. The van der Waals surface area contributed by atoms with Gasteiger partial charge in [0.15, 0.2) is 0 Å². The molecule has 0 bridgehead atoms. The molecular formula is C23H17Cl2NO3S. The highest BCUT2D eigenvalue weighted by molar-refractivity contribution is 7.92. The van der Waals surface area contributed by atoms with Gasteiger partial charge in [0, 0.05) is 11.8 Å². The van der Waals surface area contributed by atoms with Gasteiger partial charge in [-0.25, -0.2) is 8.42 Å². The minimum absolute atomic E-state index is 0.207. The Labute approximate surface area is 185 Å². The number of nitrogens with one attached hydrogen (secondary N) is 1. The van der Waals surface area contributed by atoms with E-state index in [1.807, 2.05) is 30.3 Å². The van der Waals surface area contributed by atoms with Crippen LogP contribution in [0.5, 0.6) is 5.75 Å². The third kappa shape index (κ3) is 4.70. The zero-order valence-electron chi connectivity index (χ0n) is 15.7. The fourth-order valence-corrected chi connectivity index (χ4v) is 4.38. The molecule has 0 aliphatic carbocycles. The summed E-state index contributed by atoms with van der Waals surface area (Å²) in [7, 11) is -3.72. The number of hydrogen-bond donors (Lipinski definition) is 1. The number of halogens is 2. The van der Waals surface area contributed by atoms with Crippen molar-refractivity contribution >= 4 is 49.7 Å². The zero-order chi connectivity index (χ0) is 21.1. The van der Waals surface area contributed by atoms with E-state index >= 15 is 0 Å². The van der Waals surface area contributed by atoms with E-state index in [0.717, 1.165) is 16.3 Å². The van der Waals surface area contributed by atoms with Crippen LogP contribution in [0.3, 0.4) is 0 Å². The number of hydrogen-bond acceptors (Lipinski definition) is 3. The Balaban J connectivity index is 1.50. The van der Waals surface area contributed by atoms with Crippen molar-refractivity contribution in [1.82, 2.24) is 0 Å². The Morgan fingerprint density at radius 2 is 1.57 bits per heavy atom. The molecule has 0 fully saturated rings. The van der Waals surface area contributed by atoms with Gasteiger partial charge in [-0.2, -0.15) is 0 Å². The first-order chi connectivity index (χ1) is 14.4. The average Bonchev–Trinajstić information content (AvgIpc) is 2.74. The summed E-state index contributed by atoms with van der Waals surface area (Å²) in [5.41, 5.74) is 1.26. The van der Waals surface area contributed by atoms with Crippen molar-refractivity contribution in [2.45, 2.75) is 11.5 Å². The molecule has 0 unspecified atom stereocenters. The molecule has 0 aliphatic heterocycles. The van der Waals surface area contributed by atoms with E-state index in [0.29, 0.717) is 21.5 Å². The van der Waals surface area contributed by atoms with Gasteiger partial charge < -0.3 is 4.74 Å². The molecule has 0 radical (unpaired) electrons. The van der Waals surface area contributed by atoms with Gasteiger partial charge in [-0.3, -0.25) is 4.72 Å². The number of ether oxygens (including phenoxy) is 1. The molecule has 0 heterocycles. The van der Waals surface area contributed by atoms with Gasteiger partial charge in [0.1, 0.15) is 12.4 Å². The van der Waals surface area contributed by atoms with Crippen molar-refractivity contribution in [3.8, 4) is 5.75 Å². The highest BCUT2D eigenvalue weighted by Crippen LogP contribution is 2.27. The van der Waals surface area contributed by atoms with E-state index in [1.54, 1.807) is 54.6 Å². The Bertz CT molecular complexity index is 1320. The quantitative estimate of drug-likeness (QED) is 0.358. The minimum Gasteiger partial charge on any atom is -0.489 e. The maximum atomic E-state index is 12.8. The van der Waals surface area contributed by atoms with E-state index in [-0.39, 0.29) is 11.5 Å². The van der Waals surface area contributed by atoms with Gasteiger partial charge >= 0.3 is 0 Å². The van der Waals surface area contributed by atoms with E-state index in [4.69, 9.17) is 27.9 Å². The summed E-state index contributed by atoms with van der Waals surface area (Å²) in [5.74, 6) is 0.576. The second kappa shape index (κ2) is 8.56. The summed E-state index contributed by atoms with van der Waals surface area (Å²) in [6.07, 6.45) is 0. The smallest absolute Gasteiger partial charge is 0.261 e. The first-order valence-electron chi connectivity index (χ1n) is 9.09. The Morgan fingerprint density at radius 3 is 2.37 bits per heavy atom. The Kier molecular flexibility index (Phi) is 5.86. The summed E-state index contributed by atoms with van der Waals surface area (Å²) in [4.78, 5) is 0.207. The lowest BCUT2D eigenvalue weighted by molar-refractivity contribution is 0.306. The predicted molar refractivity (Wildman–Crippen MR) is 122 cm³/mol. The molecule has 0 saturated carbocycles. The topological polar surface area (TPSA) is 55.4 Å². The highest BCUT2D eigenvalue weighted by Gasteiger charge is 2.15. The van der Waals surface area contributed by atoms with Gasteiger partial charge in [0.2, 0.25) is 0 Å². The largest absolute Gasteiger partial charge is 0.489 e. The van der Waals surface area contributed by atoms with E-state index < -0.39 is 10.0 Å². The van der Waals surface area contributed by atoms with Crippen molar-refractivity contribution < 1.29 is 13.2 Å². The Hall–Kier alpha value is -2.73. The van der Waals surface area contributed by atoms with Crippen molar-refractivity contribution in [3.63, 3.8) is 0 Å². The second-order valence-corrected chi connectivity index (χ2v) is 9.18. The lowest BCUT2D eigenvalue weighted by Crippen LogP contribution is -2.13. The van der Waals surface area contributed by atoms with Crippen molar-refractivity contribution in [2.24, 2.45) is 0 Å². The third-order valence-corrected chi connectivity index (χ3v) is 6.62. The third-order valence-electron chi connectivity index (χ3n) is 4.51. The predicted octanol–water partition coefficient (Wildman–Crippen LogP) is 6.53. The number of sulfonamides is 1. The SMILES string of the molecule is O=S(=O)(Nc1cccc(COc2ccc(Cl)c(Cl)c2)c1)c1ccc2ccccc2c1. The van der Waals surface area contributed by atoms with Crippen LogP contribution in [0.15, 0.2) is 89.8 Å². The number of fused-ring (bicyclic) bond motifs is 1. The van der Waals surface area contributed by atoms with Crippen LogP contribution in [0.1, 0.15) is 5.56 Å². The van der Waals surface area contributed by atoms with Crippen LogP contribution in [0.4, 0.5) is 5.69 Å². The normalized spacial score (nSPS) is 11.4. The molecule has 0 amide bonds. The first-order valence-corrected chi connectivity index (χ1v) is 11.3. The molecule has 30 heavy (non-hydrogen) atoms. The Morgan fingerprint density at radius 1 is 0.767 bits per heavy atom. The summed E-state index contributed by atoms with van der Waals surface area (Å²) in [6.45, 7) is 0.253. The molecule has 0 spiro atoms. The maximum absolute atomic E-state index is 12.8. The first kappa shape index (κ1) is 20.5. The molecule has 7 heteroatoms. The van der Waals surface area contributed by atoms with Crippen molar-refractivity contribution in [2.75, 3.05) is 4.72 Å². The fraction of sp³-hybridized carbons (Fsp3) is 0.0435. The van der Waals surface area contributed by atoms with Crippen LogP contribution in [0.25, 0.3) is 10.8 Å². The van der Waals surface area contributed by atoms with Crippen LogP contribution in [0, 0.1) is 0 Å². The minimum atomic E-state index is -3.72. The second-order valence-electron chi connectivity index (χ2n) is 6.68. The molecular weight excluding hydrogens is 441 g/mol. The number of anilines is 1. The summed E-state index contributed by atoms with van der Waals surface area (Å²) < 4.78 is 34.0. The van der Waals surface area contributed by atoms with Crippen LogP contribution in [-0.4, -0.2) is 8.42 Å². The summed E-state index contributed by atoms with van der Waals surface area (Å²) >= 11 is 11.9. The van der Waals surface area contributed by atoms with Crippen molar-refractivity contribution in [1.29, 1.82) is 0 Å². The molecule has 4 nitrogen and oxygen atoms in total. The summed E-state index contributed by atoms with van der Waals surface area (Å²) in [5, 5.41) is 2.71. The lowest BCUT2D eigenvalue weighted by atomic mass is 10.1. The lowest BCUT2D eigenvalue weighted by Gasteiger charge is -2.11. The van der Waals surface area contributed by atoms with E-state index in [9.17, 15) is 8.42 Å². The van der Waals surface area contributed by atoms with E-state index in [2.05, 4.69) is 4.72 Å². The van der Waals surface area contributed by atoms with Gasteiger partial charge in [-0.1, -0.05) is 65.7 Å². The zero-order valence-corrected chi connectivity index (χ0v) is 18.0. The molecule has 0 aliphatic rings. The van der Waals surface area contributed by atoms with Crippen LogP contribution in [0.2, 0.25) is 10.0 Å². The van der Waals surface area contributed by atoms with Crippen molar-refractivity contribution in [3.05, 3.63) is 101 Å². The van der Waals surface area contributed by atoms with Gasteiger partial charge in [0.25, 0.3) is 10.0 Å². The number of benzene rings is 4. The van der Waals surface area contributed by atoms with Crippen LogP contribution in [-0.2, 0) is 16.6 Å². The van der Waals surface area contributed by atoms with Crippen LogP contribution < -0.4 is 9.46 Å². The molecule has 152 valence electrons. The van der Waals surface area contributed by atoms with Gasteiger partial charge in [0.05, 0.1) is 14.9 Å². The average molecular weight is 458 g/mol. The molecule has 4 aromatic rings. The number of rotatable bonds is 6. The molecule has 0 aromatic heterocycles. The maximum Gasteiger partial charge on any atom is 0.261 e. The molecule has 0 atom stereocenters. The monoisotopic (exact) mass is 457 g/mol. The molecule has 0 saturated heterocycles. The van der Waals surface area contributed by atoms with Gasteiger partial charge in [-0.15, -0.1) is 0 Å². The van der Waals surface area contributed by atoms with Crippen LogP contribution >= 0.6 is 23.2 Å². The van der Waals surface area contributed by atoms with Gasteiger partial charge in [-0.05, 0) is 52.7 Å². The summed E-state index contributed by atoms with van der Waals surface area (Å²) in [6, 6.07) is 24.7. The van der Waals surface area contributed by atoms with E-state index in [1.165, 1.54) is 0 Å².